The van der Waals surface area contributed by atoms with Crippen molar-refractivity contribution in [1.29, 1.82) is 0 Å². The van der Waals surface area contributed by atoms with Gasteiger partial charge >= 0.3 is 0 Å². The fraction of sp³-hybridized carbons (Fsp3) is 0.192. The van der Waals surface area contributed by atoms with Crippen LogP contribution in [0.1, 0.15) is 21.8 Å². The summed E-state index contributed by atoms with van der Waals surface area (Å²) < 4.78 is 11.2. The van der Waals surface area contributed by atoms with Crippen LogP contribution in [0.3, 0.4) is 0 Å². The molecule has 1 fully saturated rings. The first-order valence-electron chi connectivity index (χ1n) is 11.1. The van der Waals surface area contributed by atoms with Crippen molar-refractivity contribution in [2.45, 2.75) is 6.54 Å². The summed E-state index contributed by atoms with van der Waals surface area (Å²) in [4.78, 5) is 30.7. The van der Waals surface area contributed by atoms with Gasteiger partial charge in [-0.2, -0.15) is 0 Å². The zero-order valence-electron chi connectivity index (χ0n) is 18.7. The van der Waals surface area contributed by atoms with Gasteiger partial charge in [0.25, 0.3) is 5.91 Å². The van der Waals surface area contributed by atoms with Crippen molar-refractivity contribution >= 4 is 51.8 Å². The number of amides is 2. The molecule has 4 aromatic rings. The predicted octanol–water partition coefficient (Wildman–Crippen LogP) is 5.01. The minimum absolute atomic E-state index is 0.0105. The number of morpholine rings is 1. The highest BCUT2D eigenvalue weighted by Gasteiger charge is 2.18. The van der Waals surface area contributed by atoms with Gasteiger partial charge < -0.3 is 19.4 Å². The maximum absolute atomic E-state index is 12.7. The van der Waals surface area contributed by atoms with E-state index in [1.165, 1.54) is 17.4 Å². The van der Waals surface area contributed by atoms with Crippen molar-refractivity contribution in [2.75, 3.05) is 26.3 Å². The number of fused-ring (bicyclic) bond motifs is 1. The van der Waals surface area contributed by atoms with E-state index in [2.05, 4.69) is 10.3 Å². The Morgan fingerprint density at radius 3 is 2.66 bits per heavy atom. The fourth-order valence-corrected chi connectivity index (χ4v) is 4.66. The number of furan rings is 1. The first-order chi connectivity index (χ1) is 17.1. The van der Waals surface area contributed by atoms with Gasteiger partial charge in [-0.25, -0.2) is 4.98 Å². The highest BCUT2D eigenvalue weighted by molar-refractivity contribution is 7.07. The van der Waals surface area contributed by atoms with E-state index in [4.69, 9.17) is 20.8 Å². The van der Waals surface area contributed by atoms with Crippen molar-refractivity contribution in [1.82, 2.24) is 15.2 Å². The summed E-state index contributed by atoms with van der Waals surface area (Å²) in [5, 5.41) is 5.98. The minimum atomic E-state index is -0.239. The lowest BCUT2D eigenvalue weighted by molar-refractivity contribution is -0.116. The molecule has 9 heteroatoms. The summed E-state index contributed by atoms with van der Waals surface area (Å²) >= 11 is 7.98. The first kappa shape index (κ1) is 23.3. The number of hydrogen-bond donors (Lipinski definition) is 1. The van der Waals surface area contributed by atoms with Crippen LogP contribution in [0, 0.1) is 0 Å². The van der Waals surface area contributed by atoms with Gasteiger partial charge in [0.1, 0.15) is 5.76 Å². The predicted molar refractivity (Wildman–Crippen MR) is 136 cm³/mol. The van der Waals surface area contributed by atoms with Crippen LogP contribution in [-0.4, -0.2) is 48.0 Å². The second-order valence-corrected chi connectivity index (χ2v) is 9.16. The quantitative estimate of drug-likeness (QED) is 0.371. The maximum Gasteiger partial charge on any atom is 0.254 e. The van der Waals surface area contributed by atoms with Crippen LogP contribution < -0.4 is 5.32 Å². The smallest absolute Gasteiger partial charge is 0.254 e. The molecule has 5 rings (SSSR count). The van der Waals surface area contributed by atoms with Crippen LogP contribution in [0.5, 0.6) is 0 Å². The van der Waals surface area contributed by atoms with Crippen LogP contribution in [-0.2, 0) is 16.1 Å². The molecule has 2 amide bonds. The van der Waals surface area contributed by atoms with Crippen molar-refractivity contribution in [3.05, 3.63) is 81.5 Å². The van der Waals surface area contributed by atoms with Crippen LogP contribution >= 0.6 is 22.9 Å². The fourth-order valence-electron chi connectivity index (χ4n) is 3.87. The molecule has 0 spiro atoms. The summed E-state index contributed by atoms with van der Waals surface area (Å²) in [6.07, 6.45) is 3.10. The third-order valence-corrected chi connectivity index (χ3v) is 6.56. The zero-order valence-corrected chi connectivity index (χ0v) is 20.3. The topological polar surface area (TPSA) is 84.7 Å². The van der Waals surface area contributed by atoms with E-state index in [1.54, 1.807) is 11.6 Å². The molecule has 0 unspecified atom stereocenters. The molecule has 2 aromatic heterocycles. The van der Waals surface area contributed by atoms with Gasteiger partial charge in [0.15, 0.2) is 5.58 Å². The third kappa shape index (κ3) is 5.45. The van der Waals surface area contributed by atoms with E-state index in [-0.39, 0.29) is 18.4 Å². The second kappa shape index (κ2) is 10.4. The van der Waals surface area contributed by atoms with Crippen LogP contribution in [0.4, 0.5) is 0 Å². The van der Waals surface area contributed by atoms with E-state index in [0.717, 1.165) is 22.2 Å². The monoisotopic (exact) mass is 507 g/mol. The molecule has 1 saturated heterocycles. The molecule has 0 atom stereocenters. The van der Waals surface area contributed by atoms with E-state index < -0.39 is 0 Å². The largest absolute Gasteiger partial charge is 0.458 e. The summed E-state index contributed by atoms with van der Waals surface area (Å²) in [6, 6.07) is 13.2. The average molecular weight is 508 g/mol. The molecule has 1 aliphatic rings. The minimum Gasteiger partial charge on any atom is -0.458 e. The van der Waals surface area contributed by atoms with Gasteiger partial charge in [-0.3, -0.25) is 9.59 Å². The number of ether oxygens (including phenoxy) is 1. The van der Waals surface area contributed by atoms with Crippen LogP contribution in [0.2, 0.25) is 5.02 Å². The zero-order chi connectivity index (χ0) is 24.2. The number of nitrogens with one attached hydrogen (secondary N) is 1. The number of carbonyl (C=O) groups is 2. The number of carbonyl (C=O) groups excluding carboxylic acids is 2. The lowest BCUT2D eigenvalue weighted by atomic mass is 10.0. The summed E-state index contributed by atoms with van der Waals surface area (Å²) in [5.74, 6) is 0.370. The van der Waals surface area contributed by atoms with Gasteiger partial charge in [-0.15, -0.1) is 11.3 Å². The van der Waals surface area contributed by atoms with E-state index >= 15 is 0 Å². The van der Waals surface area contributed by atoms with E-state index in [9.17, 15) is 9.59 Å². The molecular weight excluding hydrogens is 486 g/mol. The Morgan fingerprint density at radius 1 is 1.11 bits per heavy atom. The van der Waals surface area contributed by atoms with Crippen molar-refractivity contribution in [3.63, 3.8) is 0 Å². The number of halogens is 1. The Bertz CT molecular complexity index is 1370. The summed E-state index contributed by atoms with van der Waals surface area (Å²) in [7, 11) is 0. The molecule has 1 N–H and O–H groups in total. The summed E-state index contributed by atoms with van der Waals surface area (Å²) in [5.41, 5.74) is 5.52. The Hall–Kier alpha value is -3.46. The number of hydrogen-bond acceptors (Lipinski definition) is 6. The Balaban J connectivity index is 1.28. The number of thiazole rings is 1. The Kier molecular flexibility index (Phi) is 6.94. The molecule has 35 heavy (non-hydrogen) atoms. The van der Waals surface area contributed by atoms with E-state index in [0.29, 0.717) is 48.2 Å². The lowest BCUT2D eigenvalue weighted by Crippen LogP contribution is -2.40. The van der Waals surface area contributed by atoms with Gasteiger partial charge in [-0.1, -0.05) is 23.7 Å². The highest BCUT2D eigenvalue weighted by Crippen LogP contribution is 2.33. The van der Waals surface area contributed by atoms with E-state index in [1.807, 2.05) is 52.7 Å². The van der Waals surface area contributed by atoms with Crippen molar-refractivity contribution < 1.29 is 18.7 Å². The molecular formula is C26H22ClN3O4S. The first-order valence-corrected chi connectivity index (χ1v) is 12.4. The molecule has 7 nitrogen and oxygen atoms in total. The Morgan fingerprint density at radius 2 is 1.91 bits per heavy atom. The number of aromatic nitrogens is 1. The molecule has 178 valence electrons. The Labute approximate surface area is 211 Å². The average Bonchev–Trinajstić information content (AvgIpc) is 3.56. The van der Waals surface area contributed by atoms with Gasteiger partial charge in [0, 0.05) is 35.5 Å². The SMILES string of the molecule is O=C(C=Cc1cscn1)NCc1cc2cc(-c3ccc(C(=O)N4CCOCC4)cc3)cc(Cl)c2o1. The molecule has 0 bridgehead atoms. The molecule has 1 aliphatic heterocycles. The molecule has 0 radical (unpaired) electrons. The van der Waals surface area contributed by atoms with Crippen LogP contribution in [0.25, 0.3) is 28.2 Å². The molecule has 0 saturated carbocycles. The van der Waals surface area contributed by atoms with Crippen molar-refractivity contribution in [3.8, 4) is 11.1 Å². The lowest BCUT2D eigenvalue weighted by Gasteiger charge is -2.26. The second-order valence-electron chi connectivity index (χ2n) is 8.04. The molecule has 0 aliphatic carbocycles. The standard InChI is InChI=1S/C26H22ClN3O4S/c27-23-13-19(17-1-3-18(4-2-17)26(32)30-7-9-33-10-8-30)11-20-12-22(34-25(20)23)14-28-24(31)6-5-21-15-35-16-29-21/h1-6,11-13,15-16H,7-10,14H2,(H,28,31). The molecule has 2 aromatic carbocycles. The highest BCUT2D eigenvalue weighted by atomic mass is 35.5. The number of nitrogens with zero attached hydrogens (tertiary/aromatic N) is 2. The van der Waals surface area contributed by atoms with Crippen molar-refractivity contribution in [2.24, 2.45) is 0 Å². The van der Waals surface area contributed by atoms with Gasteiger partial charge in [-0.05, 0) is 47.5 Å². The summed E-state index contributed by atoms with van der Waals surface area (Å²) in [6.45, 7) is 2.60. The van der Waals surface area contributed by atoms with Gasteiger partial charge in [0.2, 0.25) is 5.91 Å². The number of benzene rings is 2. The van der Waals surface area contributed by atoms with Gasteiger partial charge in [0.05, 0.1) is 36.0 Å². The molecule has 3 heterocycles. The number of rotatable bonds is 6. The third-order valence-electron chi connectivity index (χ3n) is 5.68. The normalized spacial score (nSPS) is 14.0. The van der Waals surface area contributed by atoms with Crippen LogP contribution in [0.15, 0.2) is 63.8 Å². The maximum atomic E-state index is 12.7.